The molecule has 0 aromatic heterocycles. The van der Waals surface area contributed by atoms with E-state index in [-0.39, 0.29) is 17.6 Å². The highest BCUT2D eigenvalue weighted by molar-refractivity contribution is 5.39. The Bertz CT molecular complexity index is 756. The Morgan fingerprint density at radius 1 is 1.07 bits per heavy atom. The SMILES string of the molecule is C/C=C/COC1CCC2CC(c3c(F)cc4c(c3F)CCC(CCC)C4)CCC2C1. The van der Waals surface area contributed by atoms with E-state index < -0.39 is 0 Å². The lowest BCUT2D eigenvalue weighted by Crippen LogP contribution is -2.34. The van der Waals surface area contributed by atoms with Crippen LogP contribution in [0.25, 0.3) is 0 Å². The summed E-state index contributed by atoms with van der Waals surface area (Å²) in [5.41, 5.74) is 2.17. The van der Waals surface area contributed by atoms with Crippen molar-refractivity contribution in [2.24, 2.45) is 17.8 Å². The number of hydrogen-bond donors (Lipinski definition) is 0. The second-order valence-electron chi connectivity index (χ2n) is 9.99. The smallest absolute Gasteiger partial charge is 0.133 e. The van der Waals surface area contributed by atoms with Crippen LogP contribution in [0.2, 0.25) is 0 Å². The number of benzene rings is 1. The monoisotopic (exact) mass is 416 g/mol. The quantitative estimate of drug-likeness (QED) is 0.436. The number of halogens is 2. The molecule has 1 nitrogen and oxygen atoms in total. The lowest BCUT2D eigenvalue weighted by molar-refractivity contribution is -0.00351. The van der Waals surface area contributed by atoms with Gasteiger partial charge in [-0.05, 0) is 106 Å². The van der Waals surface area contributed by atoms with Crippen molar-refractivity contribution in [2.45, 2.75) is 96.5 Å². The minimum atomic E-state index is -0.282. The van der Waals surface area contributed by atoms with Gasteiger partial charge in [0, 0.05) is 5.56 Å². The van der Waals surface area contributed by atoms with Gasteiger partial charge in [-0.2, -0.15) is 0 Å². The Kier molecular flexibility index (Phi) is 7.28. The van der Waals surface area contributed by atoms with Crippen molar-refractivity contribution in [3.63, 3.8) is 0 Å². The zero-order valence-electron chi connectivity index (χ0n) is 18.8. The molecule has 5 unspecified atom stereocenters. The van der Waals surface area contributed by atoms with Gasteiger partial charge in [0.1, 0.15) is 11.6 Å². The first-order valence-electron chi connectivity index (χ1n) is 12.3. The van der Waals surface area contributed by atoms with Crippen LogP contribution in [-0.4, -0.2) is 12.7 Å². The zero-order valence-corrected chi connectivity index (χ0v) is 18.8. The van der Waals surface area contributed by atoms with E-state index >= 15 is 8.78 Å². The molecule has 30 heavy (non-hydrogen) atoms. The third-order valence-corrected chi connectivity index (χ3v) is 8.09. The molecule has 5 atom stereocenters. The molecule has 0 radical (unpaired) electrons. The van der Waals surface area contributed by atoms with Crippen molar-refractivity contribution in [1.29, 1.82) is 0 Å². The van der Waals surface area contributed by atoms with E-state index in [0.717, 1.165) is 81.8 Å². The van der Waals surface area contributed by atoms with E-state index in [1.807, 2.05) is 13.0 Å². The van der Waals surface area contributed by atoms with E-state index in [2.05, 4.69) is 13.0 Å². The molecule has 0 spiro atoms. The molecule has 0 aliphatic heterocycles. The van der Waals surface area contributed by atoms with E-state index in [4.69, 9.17) is 4.74 Å². The molecular weight excluding hydrogens is 378 g/mol. The van der Waals surface area contributed by atoms with Crippen LogP contribution < -0.4 is 0 Å². The molecule has 166 valence electrons. The Morgan fingerprint density at radius 3 is 2.67 bits per heavy atom. The molecule has 3 heteroatoms. The molecule has 4 rings (SSSR count). The number of fused-ring (bicyclic) bond motifs is 2. The van der Waals surface area contributed by atoms with E-state index in [1.165, 1.54) is 0 Å². The third kappa shape index (κ3) is 4.66. The predicted molar refractivity (Wildman–Crippen MR) is 119 cm³/mol. The first kappa shape index (κ1) is 22.0. The van der Waals surface area contributed by atoms with Crippen molar-refractivity contribution in [2.75, 3.05) is 6.61 Å². The molecule has 0 saturated heterocycles. The van der Waals surface area contributed by atoms with Gasteiger partial charge in [0.15, 0.2) is 0 Å². The molecule has 0 amide bonds. The average Bonchev–Trinajstić information content (AvgIpc) is 2.74. The molecule has 3 aliphatic carbocycles. The fraction of sp³-hybridized carbons (Fsp3) is 0.704. The van der Waals surface area contributed by atoms with Gasteiger partial charge in [-0.15, -0.1) is 0 Å². The standard InChI is InChI=1S/C27H38F2O/c1-3-5-13-30-23-11-10-19-15-21(9-8-20(19)16-23)26-25(28)17-22-14-18(6-4-2)7-12-24(22)27(26)29/h3,5,17-21,23H,4,6-16H2,1-2H3/b5-3+. The predicted octanol–water partition coefficient (Wildman–Crippen LogP) is 7.51. The summed E-state index contributed by atoms with van der Waals surface area (Å²) in [4.78, 5) is 0. The summed E-state index contributed by atoms with van der Waals surface area (Å²) in [6.45, 7) is 4.91. The highest BCUT2D eigenvalue weighted by Crippen LogP contribution is 2.48. The Morgan fingerprint density at radius 2 is 1.87 bits per heavy atom. The maximum absolute atomic E-state index is 15.5. The van der Waals surface area contributed by atoms with Gasteiger partial charge in [0.25, 0.3) is 0 Å². The van der Waals surface area contributed by atoms with E-state index in [0.29, 0.717) is 36.0 Å². The van der Waals surface area contributed by atoms with Crippen LogP contribution in [0.3, 0.4) is 0 Å². The van der Waals surface area contributed by atoms with Gasteiger partial charge < -0.3 is 4.74 Å². The second-order valence-corrected chi connectivity index (χ2v) is 9.99. The third-order valence-electron chi connectivity index (χ3n) is 8.09. The average molecular weight is 417 g/mol. The van der Waals surface area contributed by atoms with Crippen LogP contribution >= 0.6 is 0 Å². The lowest BCUT2D eigenvalue weighted by atomic mass is 9.65. The maximum atomic E-state index is 15.5. The van der Waals surface area contributed by atoms with Gasteiger partial charge in [-0.25, -0.2) is 8.78 Å². The number of hydrogen-bond acceptors (Lipinski definition) is 1. The summed E-state index contributed by atoms with van der Waals surface area (Å²) < 4.78 is 36.6. The second kappa shape index (κ2) is 9.94. The van der Waals surface area contributed by atoms with Crippen molar-refractivity contribution < 1.29 is 13.5 Å². The zero-order chi connectivity index (χ0) is 21.1. The lowest BCUT2D eigenvalue weighted by Gasteiger charge is -2.42. The highest BCUT2D eigenvalue weighted by Gasteiger charge is 2.38. The molecule has 1 aromatic rings. The molecule has 0 bridgehead atoms. The summed E-state index contributed by atoms with van der Waals surface area (Å²) in [6, 6.07) is 1.69. The molecule has 2 saturated carbocycles. The normalized spacial score (nSPS) is 31.5. The highest BCUT2D eigenvalue weighted by atomic mass is 19.1. The fourth-order valence-electron chi connectivity index (χ4n) is 6.52. The maximum Gasteiger partial charge on any atom is 0.133 e. The molecule has 0 heterocycles. The molecule has 2 fully saturated rings. The van der Waals surface area contributed by atoms with Crippen LogP contribution in [0.5, 0.6) is 0 Å². The Labute approximate surface area is 181 Å². The summed E-state index contributed by atoms with van der Waals surface area (Å²) in [5, 5.41) is 0. The van der Waals surface area contributed by atoms with Crippen molar-refractivity contribution >= 4 is 0 Å². The minimum absolute atomic E-state index is 0.0467. The van der Waals surface area contributed by atoms with Crippen LogP contribution in [0.1, 0.15) is 94.2 Å². The summed E-state index contributed by atoms with van der Waals surface area (Å²) >= 11 is 0. The Hall–Kier alpha value is -1.22. The van der Waals surface area contributed by atoms with Gasteiger partial charge in [0.2, 0.25) is 0 Å². The van der Waals surface area contributed by atoms with E-state index in [9.17, 15) is 0 Å². The van der Waals surface area contributed by atoms with Gasteiger partial charge in [-0.1, -0.05) is 31.9 Å². The van der Waals surface area contributed by atoms with Crippen LogP contribution in [0.15, 0.2) is 18.2 Å². The van der Waals surface area contributed by atoms with Crippen molar-refractivity contribution in [1.82, 2.24) is 0 Å². The number of rotatable bonds is 6. The van der Waals surface area contributed by atoms with Gasteiger partial charge in [-0.3, -0.25) is 0 Å². The van der Waals surface area contributed by atoms with Crippen LogP contribution in [-0.2, 0) is 17.6 Å². The van der Waals surface area contributed by atoms with Crippen LogP contribution in [0, 0.1) is 29.4 Å². The van der Waals surface area contributed by atoms with Gasteiger partial charge in [0.05, 0.1) is 12.7 Å². The summed E-state index contributed by atoms with van der Waals surface area (Å²) in [6.07, 6.45) is 15.7. The Balaban J connectivity index is 1.44. The number of allylic oxidation sites excluding steroid dienone is 1. The van der Waals surface area contributed by atoms with Crippen molar-refractivity contribution in [3.05, 3.63) is 46.5 Å². The summed E-state index contributed by atoms with van der Waals surface area (Å²) in [7, 11) is 0. The summed E-state index contributed by atoms with van der Waals surface area (Å²) in [5.74, 6) is 1.40. The number of ether oxygens (including phenoxy) is 1. The molecular formula is C27H38F2O. The topological polar surface area (TPSA) is 9.23 Å². The van der Waals surface area contributed by atoms with Crippen molar-refractivity contribution in [3.8, 4) is 0 Å². The molecule has 1 aromatic carbocycles. The van der Waals surface area contributed by atoms with Crippen LogP contribution in [0.4, 0.5) is 8.78 Å². The molecule has 0 N–H and O–H groups in total. The van der Waals surface area contributed by atoms with E-state index in [1.54, 1.807) is 6.07 Å². The minimum Gasteiger partial charge on any atom is -0.374 e. The van der Waals surface area contributed by atoms with Gasteiger partial charge >= 0.3 is 0 Å². The molecule has 3 aliphatic rings. The first-order valence-corrected chi connectivity index (χ1v) is 12.3. The first-order chi connectivity index (χ1) is 14.6. The fourth-order valence-corrected chi connectivity index (χ4v) is 6.52. The largest absolute Gasteiger partial charge is 0.374 e.